The lowest BCUT2D eigenvalue weighted by Gasteiger charge is -2.14. The van der Waals surface area contributed by atoms with Crippen molar-refractivity contribution in [3.63, 3.8) is 0 Å². The van der Waals surface area contributed by atoms with Gasteiger partial charge in [-0.25, -0.2) is 0 Å². The molecular weight excluding hydrogens is 204 g/mol. The van der Waals surface area contributed by atoms with Crippen molar-refractivity contribution in [1.82, 2.24) is 5.01 Å². The minimum absolute atomic E-state index is 0.0823. The number of nitrogens with zero attached hydrogens (tertiary/aromatic N) is 2. The molecule has 1 aliphatic rings. The molecular formula is C12H16N2O2. The summed E-state index contributed by atoms with van der Waals surface area (Å²) in [7, 11) is 0. The van der Waals surface area contributed by atoms with Crippen LogP contribution in [0.4, 0.5) is 0 Å². The maximum absolute atomic E-state index is 10.3. The first-order valence-corrected chi connectivity index (χ1v) is 5.50. The second-order valence-electron chi connectivity index (χ2n) is 4.35. The normalized spacial score (nSPS) is 19.9. The fourth-order valence-electron chi connectivity index (χ4n) is 2.07. The molecule has 4 nitrogen and oxygen atoms in total. The molecule has 0 radical (unpaired) electrons. The molecule has 0 aromatic heterocycles. The third-order valence-electron chi connectivity index (χ3n) is 2.74. The lowest BCUT2D eigenvalue weighted by Crippen LogP contribution is -2.20. The molecule has 0 N–H and O–H groups in total. The van der Waals surface area contributed by atoms with Crippen molar-refractivity contribution in [1.29, 1.82) is 0 Å². The van der Waals surface area contributed by atoms with E-state index in [9.17, 15) is 4.91 Å². The summed E-state index contributed by atoms with van der Waals surface area (Å²) in [5.74, 6) is 0.884. The molecule has 1 fully saturated rings. The van der Waals surface area contributed by atoms with E-state index in [4.69, 9.17) is 4.74 Å². The van der Waals surface area contributed by atoms with Gasteiger partial charge in [0.15, 0.2) is 0 Å². The molecule has 1 atom stereocenters. The molecule has 0 aliphatic carbocycles. The smallest absolute Gasteiger partial charge is 0.120 e. The lowest BCUT2D eigenvalue weighted by atomic mass is 10.1. The zero-order valence-electron chi connectivity index (χ0n) is 9.64. The molecule has 16 heavy (non-hydrogen) atoms. The van der Waals surface area contributed by atoms with Crippen LogP contribution in [0.1, 0.15) is 17.5 Å². The Balaban J connectivity index is 2.01. The van der Waals surface area contributed by atoms with Gasteiger partial charge in [0.25, 0.3) is 0 Å². The molecule has 86 valence electrons. The fourth-order valence-corrected chi connectivity index (χ4v) is 2.07. The number of hydrogen-bond donors (Lipinski definition) is 0. The molecule has 0 saturated carbocycles. The Labute approximate surface area is 95.2 Å². The van der Waals surface area contributed by atoms with Crippen molar-refractivity contribution in [3.05, 3.63) is 34.2 Å². The standard InChI is InChI=1S/C12H16N2O2/c1-9-5-10(2)7-12(6-9)16-11-3-4-14(8-11)13-15/h5-7,11H,3-4,8H2,1-2H3. The molecule has 1 saturated heterocycles. The van der Waals surface area contributed by atoms with Crippen molar-refractivity contribution in [2.24, 2.45) is 5.29 Å². The lowest BCUT2D eigenvalue weighted by molar-refractivity contribution is 0.201. The van der Waals surface area contributed by atoms with Crippen molar-refractivity contribution in [2.45, 2.75) is 26.4 Å². The van der Waals surface area contributed by atoms with Gasteiger partial charge in [0, 0.05) is 13.0 Å². The highest BCUT2D eigenvalue weighted by molar-refractivity contribution is 5.33. The highest BCUT2D eigenvalue weighted by Gasteiger charge is 2.23. The summed E-state index contributed by atoms with van der Waals surface area (Å²) in [4.78, 5) is 10.3. The Hall–Kier alpha value is -1.58. The van der Waals surface area contributed by atoms with Gasteiger partial charge in [-0.2, -0.15) is 0 Å². The van der Waals surface area contributed by atoms with Gasteiger partial charge in [-0.05, 0) is 37.1 Å². The van der Waals surface area contributed by atoms with Crippen LogP contribution in [-0.2, 0) is 0 Å². The summed E-state index contributed by atoms with van der Waals surface area (Å²) in [5, 5.41) is 4.43. The minimum Gasteiger partial charge on any atom is -0.488 e. The molecule has 1 unspecified atom stereocenters. The van der Waals surface area contributed by atoms with E-state index in [1.807, 2.05) is 26.0 Å². The predicted molar refractivity (Wildman–Crippen MR) is 62.3 cm³/mol. The van der Waals surface area contributed by atoms with Crippen molar-refractivity contribution < 1.29 is 4.74 Å². The van der Waals surface area contributed by atoms with E-state index >= 15 is 0 Å². The summed E-state index contributed by atoms with van der Waals surface area (Å²) in [6, 6.07) is 6.15. The maximum atomic E-state index is 10.3. The number of rotatable bonds is 3. The average molecular weight is 220 g/mol. The van der Waals surface area contributed by atoms with Gasteiger partial charge < -0.3 is 4.74 Å². The molecule has 1 aromatic carbocycles. The van der Waals surface area contributed by atoms with Gasteiger partial charge in [-0.15, -0.1) is 4.91 Å². The van der Waals surface area contributed by atoms with Crippen LogP contribution in [0, 0.1) is 18.8 Å². The highest BCUT2D eigenvalue weighted by Crippen LogP contribution is 2.21. The van der Waals surface area contributed by atoms with Gasteiger partial charge in [-0.1, -0.05) is 6.07 Å². The highest BCUT2D eigenvalue weighted by atomic mass is 16.5. The van der Waals surface area contributed by atoms with E-state index in [0.717, 1.165) is 12.2 Å². The number of hydrogen-bond acceptors (Lipinski definition) is 3. The molecule has 0 bridgehead atoms. The Bertz CT molecular complexity index is 372. The van der Waals surface area contributed by atoms with Gasteiger partial charge in [0.2, 0.25) is 0 Å². The number of aryl methyl sites for hydroxylation is 2. The predicted octanol–water partition coefficient (Wildman–Crippen LogP) is 2.44. The van der Waals surface area contributed by atoms with Gasteiger partial charge in [0.1, 0.15) is 11.9 Å². The monoisotopic (exact) mass is 220 g/mol. The van der Waals surface area contributed by atoms with E-state index in [1.165, 1.54) is 16.1 Å². The summed E-state index contributed by atoms with van der Waals surface area (Å²) >= 11 is 0. The Morgan fingerprint density at radius 3 is 2.56 bits per heavy atom. The van der Waals surface area contributed by atoms with Gasteiger partial charge >= 0.3 is 0 Å². The van der Waals surface area contributed by atoms with Crippen LogP contribution in [0.3, 0.4) is 0 Å². The van der Waals surface area contributed by atoms with Gasteiger partial charge in [-0.3, -0.25) is 5.01 Å². The summed E-state index contributed by atoms with van der Waals surface area (Å²) < 4.78 is 5.83. The molecule has 4 heteroatoms. The Morgan fingerprint density at radius 1 is 1.31 bits per heavy atom. The molecule has 1 heterocycles. The van der Waals surface area contributed by atoms with Crippen LogP contribution in [0.25, 0.3) is 0 Å². The second kappa shape index (κ2) is 4.51. The van der Waals surface area contributed by atoms with E-state index in [2.05, 4.69) is 11.4 Å². The number of benzene rings is 1. The molecule has 1 aliphatic heterocycles. The first-order valence-electron chi connectivity index (χ1n) is 5.50. The largest absolute Gasteiger partial charge is 0.488 e. The van der Waals surface area contributed by atoms with Crippen LogP contribution < -0.4 is 4.74 Å². The first kappa shape index (κ1) is 10.9. The maximum Gasteiger partial charge on any atom is 0.120 e. The number of nitroso groups, excluding NO2 is 1. The SMILES string of the molecule is Cc1cc(C)cc(OC2CCN(N=O)C2)c1. The Kier molecular flexibility index (Phi) is 3.08. The van der Waals surface area contributed by atoms with Crippen LogP contribution in [-0.4, -0.2) is 24.2 Å². The second-order valence-corrected chi connectivity index (χ2v) is 4.35. The number of ether oxygens (including phenoxy) is 1. The molecule has 0 amide bonds. The van der Waals surface area contributed by atoms with Crippen molar-refractivity contribution in [3.8, 4) is 5.75 Å². The quantitative estimate of drug-likeness (QED) is 0.735. The van der Waals surface area contributed by atoms with E-state index < -0.39 is 0 Å². The van der Waals surface area contributed by atoms with Crippen LogP contribution in [0.15, 0.2) is 23.5 Å². The molecule has 0 spiro atoms. The van der Waals surface area contributed by atoms with E-state index in [1.54, 1.807) is 0 Å². The van der Waals surface area contributed by atoms with Crippen LogP contribution in [0.2, 0.25) is 0 Å². The van der Waals surface area contributed by atoms with Crippen molar-refractivity contribution >= 4 is 0 Å². The van der Waals surface area contributed by atoms with E-state index in [0.29, 0.717) is 13.1 Å². The summed E-state index contributed by atoms with van der Waals surface area (Å²) in [5.41, 5.74) is 2.39. The Morgan fingerprint density at radius 2 is 2.00 bits per heavy atom. The topological polar surface area (TPSA) is 41.9 Å². The fraction of sp³-hybridized carbons (Fsp3) is 0.500. The van der Waals surface area contributed by atoms with E-state index in [-0.39, 0.29) is 6.10 Å². The van der Waals surface area contributed by atoms with Crippen LogP contribution in [0.5, 0.6) is 5.75 Å². The first-order chi connectivity index (χ1) is 7.67. The van der Waals surface area contributed by atoms with Crippen molar-refractivity contribution in [2.75, 3.05) is 13.1 Å². The van der Waals surface area contributed by atoms with Gasteiger partial charge in [0.05, 0.1) is 11.8 Å². The third-order valence-corrected chi connectivity index (χ3v) is 2.74. The molecule has 2 rings (SSSR count). The average Bonchev–Trinajstić information content (AvgIpc) is 2.64. The molecule has 1 aromatic rings. The zero-order valence-corrected chi connectivity index (χ0v) is 9.64. The summed E-state index contributed by atoms with van der Waals surface area (Å²) in [6.07, 6.45) is 0.942. The summed E-state index contributed by atoms with van der Waals surface area (Å²) in [6.45, 7) is 5.39. The zero-order chi connectivity index (χ0) is 11.5. The van der Waals surface area contributed by atoms with Crippen LogP contribution >= 0.6 is 0 Å². The minimum atomic E-state index is 0.0823. The third kappa shape index (κ3) is 2.51.